The number of para-hydroxylation sites is 1. The predicted octanol–water partition coefficient (Wildman–Crippen LogP) is 6.46. The van der Waals surface area contributed by atoms with E-state index in [4.69, 9.17) is 0 Å². The minimum absolute atomic E-state index is 0.159. The van der Waals surface area contributed by atoms with E-state index >= 15 is 4.39 Å². The second kappa shape index (κ2) is 12.0. The number of allylic oxidation sites excluding steroid dienone is 3. The van der Waals surface area contributed by atoms with E-state index in [2.05, 4.69) is 31.7 Å². The van der Waals surface area contributed by atoms with Crippen LogP contribution in [0.25, 0.3) is 0 Å². The molecule has 0 spiro atoms. The van der Waals surface area contributed by atoms with Crippen molar-refractivity contribution in [2.75, 3.05) is 11.9 Å². The van der Waals surface area contributed by atoms with Crippen molar-refractivity contribution < 1.29 is 14.3 Å². The summed E-state index contributed by atoms with van der Waals surface area (Å²) in [5, 5.41) is 17.0. The van der Waals surface area contributed by atoms with Crippen molar-refractivity contribution in [2.45, 2.75) is 27.9 Å². The number of hydrogen-bond donors (Lipinski definition) is 3. The molecule has 7 nitrogen and oxygen atoms in total. The first-order valence-electron chi connectivity index (χ1n) is 12.0. The molecule has 0 radical (unpaired) electrons. The van der Waals surface area contributed by atoms with Crippen LogP contribution < -0.4 is 10.6 Å². The maximum atomic E-state index is 15.4. The van der Waals surface area contributed by atoms with Gasteiger partial charge in [0, 0.05) is 30.4 Å². The average Bonchev–Trinajstić information content (AvgIpc) is 3.38. The largest absolute Gasteiger partial charge is 0.508 e. The molecule has 1 aromatic carbocycles. The molecular formula is C28H24FN5O2S2. The lowest BCUT2D eigenvalue weighted by Crippen LogP contribution is -2.31. The number of aromatic hydroxyl groups is 1. The highest BCUT2D eigenvalue weighted by Crippen LogP contribution is 2.37. The molecule has 1 aliphatic carbocycles. The fourth-order valence-corrected chi connectivity index (χ4v) is 5.96. The Balaban J connectivity index is 1.29. The van der Waals surface area contributed by atoms with Crippen LogP contribution in [0.1, 0.15) is 34.8 Å². The summed E-state index contributed by atoms with van der Waals surface area (Å²) in [5.41, 5.74) is 1.53. The number of pyridine rings is 2. The number of nitrogens with one attached hydrogen (secondary N) is 2. The lowest BCUT2D eigenvalue weighted by molar-refractivity contribution is 0.0942. The Morgan fingerprint density at radius 2 is 1.97 bits per heavy atom. The van der Waals surface area contributed by atoms with E-state index in [1.807, 2.05) is 42.5 Å². The molecule has 4 aromatic rings. The van der Waals surface area contributed by atoms with Gasteiger partial charge < -0.3 is 15.7 Å². The van der Waals surface area contributed by atoms with Crippen molar-refractivity contribution >= 4 is 40.0 Å². The normalized spacial score (nSPS) is 13.6. The zero-order valence-electron chi connectivity index (χ0n) is 20.2. The highest BCUT2D eigenvalue weighted by molar-refractivity contribution is 8.01. The molecule has 192 valence electrons. The second-order valence-electron chi connectivity index (χ2n) is 8.43. The highest BCUT2D eigenvalue weighted by Gasteiger charge is 2.23. The van der Waals surface area contributed by atoms with E-state index in [0.29, 0.717) is 16.5 Å². The summed E-state index contributed by atoms with van der Waals surface area (Å²) in [6, 6.07) is 14.1. The van der Waals surface area contributed by atoms with E-state index in [1.165, 1.54) is 35.4 Å². The number of thiazole rings is 1. The molecule has 0 bridgehead atoms. The number of benzene rings is 1. The minimum Gasteiger partial charge on any atom is -0.508 e. The number of carbonyl (C=O) groups is 1. The minimum atomic E-state index is -0.693. The molecule has 5 rings (SSSR count). The standard InChI is InChI=1S/C28H24FN5O2S2/c29-25-22(37-24-17-33-28(38-24)34-23-12-6-7-14-30-23)13-15-31-26(25)27(36)32-16-20(18-8-2-1-3-9-18)19-10-4-5-11-21(19)35/h1-2,4-8,10-15,17,20,35H,3,9,16H2,(H,32,36)(H,30,33,34). The first-order chi connectivity index (χ1) is 18.6. The summed E-state index contributed by atoms with van der Waals surface area (Å²) in [5.74, 6) is -0.727. The number of phenolic OH excluding ortho intramolecular Hbond substituents is 1. The van der Waals surface area contributed by atoms with Gasteiger partial charge in [-0.15, -0.1) is 0 Å². The summed E-state index contributed by atoms with van der Waals surface area (Å²) >= 11 is 2.53. The number of phenols is 1. The molecule has 3 N–H and O–H groups in total. The zero-order chi connectivity index (χ0) is 26.3. The van der Waals surface area contributed by atoms with Gasteiger partial charge >= 0.3 is 0 Å². The van der Waals surface area contributed by atoms with Gasteiger partial charge in [-0.25, -0.2) is 19.3 Å². The van der Waals surface area contributed by atoms with Crippen molar-refractivity contribution in [2.24, 2.45) is 0 Å². The summed E-state index contributed by atoms with van der Waals surface area (Å²) in [6.07, 6.45) is 12.5. The monoisotopic (exact) mass is 545 g/mol. The number of rotatable bonds is 9. The molecular weight excluding hydrogens is 521 g/mol. The Hall–Kier alpha value is -4.02. The van der Waals surface area contributed by atoms with Crippen LogP contribution >= 0.6 is 23.1 Å². The van der Waals surface area contributed by atoms with E-state index in [0.717, 1.165) is 22.6 Å². The van der Waals surface area contributed by atoms with E-state index in [-0.39, 0.29) is 28.8 Å². The van der Waals surface area contributed by atoms with Crippen LogP contribution in [0, 0.1) is 5.82 Å². The molecule has 1 unspecified atom stereocenters. The van der Waals surface area contributed by atoms with Gasteiger partial charge in [0.1, 0.15) is 11.6 Å². The highest BCUT2D eigenvalue weighted by atomic mass is 32.2. The van der Waals surface area contributed by atoms with Gasteiger partial charge in [0.2, 0.25) is 0 Å². The van der Waals surface area contributed by atoms with Gasteiger partial charge in [-0.3, -0.25) is 4.79 Å². The Kier molecular flexibility index (Phi) is 8.10. The van der Waals surface area contributed by atoms with Crippen LogP contribution in [0.2, 0.25) is 0 Å². The third-order valence-corrected chi connectivity index (χ3v) is 7.99. The first-order valence-corrected chi connectivity index (χ1v) is 13.6. The van der Waals surface area contributed by atoms with Gasteiger partial charge in [-0.2, -0.15) is 0 Å². The SMILES string of the molecule is O=C(NCC(C1=CC=CCC1)c1ccccc1O)c1nccc(Sc2cnc(Nc3ccccn3)s2)c1F. The van der Waals surface area contributed by atoms with Crippen LogP contribution in [0.15, 0.2) is 100 Å². The Morgan fingerprint density at radius 3 is 2.76 bits per heavy atom. The van der Waals surface area contributed by atoms with Crippen LogP contribution in [-0.4, -0.2) is 32.5 Å². The number of carbonyl (C=O) groups excluding carboxylic acids is 1. The Labute approximate surface area is 227 Å². The molecule has 3 aromatic heterocycles. The number of amides is 1. The van der Waals surface area contributed by atoms with Crippen LogP contribution in [0.4, 0.5) is 15.3 Å². The van der Waals surface area contributed by atoms with Crippen LogP contribution in [0.5, 0.6) is 5.75 Å². The molecule has 1 amide bonds. The van der Waals surface area contributed by atoms with Gasteiger partial charge in [-0.05, 0) is 37.1 Å². The lowest BCUT2D eigenvalue weighted by atomic mass is 9.86. The fourth-order valence-electron chi connectivity index (χ4n) is 4.10. The van der Waals surface area contributed by atoms with Crippen LogP contribution in [0.3, 0.4) is 0 Å². The number of anilines is 2. The predicted molar refractivity (Wildman–Crippen MR) is 148 cm³/mol. The second-order valence-corrected chi connectivity index (χ2v) is 10.8. The van der Waals surface area contributed by atoms with Crippen molar-refractivity contribution in [3.8, 4) is 5.75 Å². The lowest BCUT2D eigenvalue weighted by Gasteiger charge is -2.23. The fraction of sp³-hybridized carbons (Fsp3) is 0.143. The van der Waals surface area contributed by atoms with E-state index in [1.54, 1.807) is 24.5 Å². The van der Waals surface area contributed by atoms with Crippen molar-refractivity contribution in [3.63, 3.8) is 0 Å². The van der Waals surface area contributed by atoms with E-state index < -0.39 is 11.7 Å². The summed E-state index contributed by atoms with van der Waals surface area (Å²) in [4.78, 5) is 25.9. The molecule has 38 heavy (non-hydrogen) atoms. The van der Waals surface area contributed by atoms with Gasteiger partial charge in [0.25, 0.3) is 5.91 Å². The average molecular weight is 546 g/mol. The number of halogens is 1. The van der Waals surface area contributed by atoms with Crippen molar-refractivity contribution in [1.29, 1.82) is 0 Å². The first kappa shape index (κ1) is 25.6. The third kappa shape index (κ3) is 6.09. The molecule has 0 aliphatic heterocycles. The van der Waals surface area contributed by atoms with Crippen LogP contribution in [-0.2, 0) is 0 Å². The van der Waals surface area contributed by atoms with Crippen molar-refractivity contribution in [1.82, 2.24) is 20.3 Å². The number of hydrogen-bond acceptors (Lipinski definition) is 8. The maximum Gasteiger partial charge on any atom is 0.273 e. The van der Waals surface area contributed by atoms with Gasteiger partial charge in [-0.1, -0.05) is 71.2 Å². The Morgan fingerprint density at radius 1 is 1.11 bits per heavy atom. The van der Waals surface area contributed by atoms with Gasteiger partial charge in [0.05, 0.1) is 15.3 Å². The molecule has 0 saturated heterocycles. The number of aromatic nitrogens is 3. The molecule has 1 atom stereocenters. The summed E-state index contributed by atoms with van der Waals surface area (Å²) < 4.78 is 16.1. The topological polar surface area (TPSA) is 100 Å². The third-order valence-electron chi connectivity index (χ3n) is 5.94. The molecule has 10 heteroatoms. The Bertz CT molecular complexity index is 1490. The maximum absolute atomic E-state index is 15.4. The molecule has 0 saturated carbocycles. The van der Waals surface area contributed by atoms with Crippen molar-refractivity contribution in [3.05, 3.63) is 108 Å². The zero-order valence-corrected chi connectivity index (χ0v) is 21.8. The smallest absolute Gasteiger partial charge is 0.273 e. The summed E-state index contributed by atoms with van der Waals surface area (Å²) in [6.45, 7) is 0.200. The molecule has 3 heterocycles. The molecule has 1 aliphatic rings. The summed E-state index contributed by atoms with van der Waals surface area (Å²) in [7, 11) is 0. The quantitative estimate of drug-likeness (QED) is 0.222. The molecule has 0 fully saturated rings. The van der Waals surface area contributed by atoms with Gasteiger partial charge in [0.15, 0.2) is 16.6 Å². The number of nitrogens with zero attached hydrogens (tertiary/aromatic N) is 3. The van der Waals surface area contributed by atoms with E-state index in [9.17, 15) is 9.90 Å².